The largest absolute Gasteiger partial charge is 0.347 e. The molecular formula is C12H14BrN3O2. The number of amides is 2. The fourth-order valence-corrected chi connectivity index (χ4v) is 2.14. The summed E-state index contributed by atoms with van der Waals surface area (Å²) in [7, 11) is 1.75. The topological polar surface area (TPSA) is 62.3 Å². The SMILES string of the molecule is CN1CC(NC(=O)c2ccc(Br)nc2)CCC1=O. The molecule has 1 aromatic rings. The first-order chi connectivity index (χ1) is 8.56. The van der Waals surface area contributed by atoms with E-state index in [1.807, 2.05) is 0 Å². The summed E-state index contributed by atoms with van der Waals surface area (Å²) in [5, 5.41) is 2.92. The second kappa shape index (κ2) is 5.48. The predicted molar refractivity (Wildman–Crippen MR) is 70.1 cm³/mol. The van der Waals surface area contributed by atoms with Crippen molar-refractivity contribution in [1.29, 1.82) is 0 Å². The number of likely N-dealkylation sites (tertiary alicyclic amines) is 1. The zero-order chi connectivity index (χ0) is 13.1. The van der Waals surface area contributed by atoms with Crippen molar-refractivity contribution >= 4 is 27.7 Å². The van der Waals surface area contributed by atoms with Crippen molar-refractivity contribution in [3.63, 3.8) is 0 Å². The molecule has 1 unspecified atom stereocenters. The minimum absolute atomic E-state index is 0.0175. The summed E-state index contributed by atoms with van der Waals surface area (Å²) in [5.74, 6) is -0.0199. The molecule has 1 aliphatic heterocycles. The summed E-state index contributed by atoms with van der Waals surface area (Å²) in [6, 6.07) is 3.46. The van der Waals surface area contributed by atoms with Crippen LogP contribution in [0.15, 0.2) is 22.9 Å². The number of halogens is 1. The number of piperidine rings is 1. The molecule has 1 aliphatic rings. The van der Waals surface area contributed by atoms with Gasteiger partial charge in [-0.05, 0) is 34.5 Å². The molecule has 5 nitrogen and oxygen atoms in total. The zero-order valence-corrected chi connectivity index (χ0v) is 11.6. The van der Waals surface area contributed by atoms with Gasteiger partial charge in [-0.1, -0.05) is 0 Å². The van der Waals surface area contributed by atoms with Crippen LogP contribution in [0.1, 0.15) is 23.2 Å². The Bertz CT molecular complexity index is 461. The molecule has 1 N–H and O–H groups in total. The molecule has 6 heteroatoms. The molecule has 2 rings (SSSR count). The highest BCUT2D eigenvalue weighted by molar-refractivity contribution is 9.10. The Morgan fingerprint density at radius 3 is 2.94 bits per heavy atom. The van der Waals surface area contributed by atoms with Gasteiger partial charge in [-0.2, -0.15) is 0 Å². The van der Waals surface area contributed by atoms with Crippen molar-refractivity contribution in [3.8, 4) is 0 Å². The van der Waals surface area contributed by atoms with Crippen molar-refractivity contribution in [2.45, 2.75) is 18.9 Å². The number of carbonyl (C=O) groups is 2. The van der Waals surface area contributed by atoms with Crippen LogP contribution < -0.4 is 5.32 Å². The van der Waals surface area contributed by atoms with Gasteiger partial charge < -0.3 is 10.2 Å². The Morgan fingerprint density at radius 2 is 2.33 bits per heavy atom. The molecule has 1 saturated heterocycles. The molecule has 1 atom stereocenters. The third kappa shape index (κ3) is 3.07. The molecule has 0 spiro atoms. The summed E-state index contributed by atoms with van der Waals surface area (Å²) in [4.78, 5) is 28.9. The number of rotatable bonds is 2. The number of aromatic nitrogens is 1. The minimum Gasteiger partial charge on any atom is -0.347 e. The van der Waals surface area contributed by atoms with E-state index >= 15 is 0 Å². The number of hydrogen-bond acceptors (Lipinski definition) is 3. The van der Waals surface area contributed by atoms with E-state index in [0.29, 0.717) is 29.6 Å². The lowest BCUT2D eigenvalue weighted by molar-refractivity contribution is -0.132. The molecular weight excluding hydrogens is 298 g/mol. The van der Waals surface area contributed by atoms with Crippen LogP contribution in [0.3, 0.4) is 0 Å². The third-order valence-corrected chi connectivity index (χ3v) is 3.42. The van der Waals surface area contributed by atoms with E-state index in [2.05, 4.69) is 26.2 Å². The van der Waals surface area contributed by atoms with E-state index in [1.54, 1.807) is 24.1 Å². The van der Waals surface area contributed by atoms with Gasteiger partial charge in [-0.3, -0.25) is 9.59 Å². The van der Waals surface area contributed by atoms with Crippen molar-refractivity contribution < 1.29 is 9.59 Å². The lowest BCUT2D eigenvalue weighted by atomic mass is 10.1. The van der Waals surface area contributed by atoms with Gasteiger partial charge in [-0.25, -0.2) is 4.98 Å². The standard InChI is InChI=1S/C12H14BrN3O2/c1-16-7-9(3-5-11(16)17)15-12(18)8-2-4-10(13)14-6-8/h2,4,6,9H,3,5,7H2,1H3,(H,15,18). The number of hydrogen-bond donors (Lipinski definition) is 1. The first kappa shape index (κ1) is 13.0. The number of pyridine rings is 1. The molecule has 1 aromatic heterocycles. The van der Waals surface area contributed by atoms with Crippen LogP contribution in [0.4, 0.5) is 0 Å². The molecule has 96 valence electrons. The highest BCUT2D eigenvalue weighted by Gasteiger charge is 2.24. The predicted octanol–water partition coefficient (Wildman–Crippen LogP) is 1.19. The molecule has 18 heavy (non-hydrogen) atoms. The lowest BCUT2D eigenvalue weighted by Gasteiger charge is -2.30. The van der Waals surface area contributed by atoms with Crippen LogP contribution in [-0.4, -0.2) is 41.3 Å². The van der Waals surface area contributed by atoms with E-state index in [-0.39, 0.29) is 17.9 Å². The molecule has 1 fully saturated rings. The average molecular weight is 312 g/mol. The summed E-state index contributed by atoms with van der Waals surface area (Å²) in [6.45, 7) is 0.564. The third-order valence-electron chi connectivity index (χ3n) is 2.95. The van der Waals surface area contributed by atoms with Gasteiger partial charge in [0.1, 0.15) is 4.60 Å². The second-order valence-electron chi connectivity index (χ2n) is 4.35. The Labute approximate surface area is 114 Å². The van der Waals surface area contributed by atoms with Gasteiger partial charge in [0.05, 0.1) is 5.56 Å². The van der Waals surface area contributed by atoms with E-state index in [4.69, 9.17) is 0 Å². The van der Waals surface area contributed by atoms with E-state index in [9.17, 15) is 9.59 Å². The van der Waals surface area contributed by atoms with Crippen molar-refractivity contribution in [1.82, 2.24) is 15.2 Å². The lowest BCUT2D eigenvalue weighted by Crippen LogP contribution is -2.48. The van der Waals surface area contributed by atoms with E-state index in [0.717, 1.165) is 0 Å². The maximum Gasteiger partial charge on any atom is 0.253 e. The van der Waals surface area contributed by atoms with Gasteiger partial charge in [0, 0.05) is 32.3 Å². The number of nitrogens with one attached hydrogen (secondary N) is 1. The highest BCUT2D eigenvalue weighted by atomic mass is 79.9. The van der Waals surface area contributed by atoms with Crippen LogP contribution in [-0.2, 0) is 4.79 Å². The number of likely N-dealkylation sites (N-methyl/N-ethyl adjacent to an activating group) is 1. The maximum absolute atomic E-state index is 11.9. The van der Waals surface area contributed by atoms with E-state index in [1.165, 1.54) is 6.20 Å². The Balaban J connectivity index is 1.95. The van der Waals surface area contributed by atoms with Gasteiger partial charge in [0.15, 0.2) is 0 Å². The Hall–Kier alpha value is -1.43. The molecule has 0 aromatic carbocycles. The fraction of sp³-hybridized carbons (Fsp3) is 0.417. The Morgan fingerprint density at radius 1 is 1.56 bits per heavy atom. The molecule has 2 amide bonds. The molecule has 0 saturated carbocycles. The van der Waals surface area contributed by atoms with Gasteiger partial charge >= 0.3 is 0 Å². The first-order valence-electron chi connectivity index (χ1n) is 5.72. The average Bonchev–Trinajstić information content (AvgIpc) is 2.34. The van der Waals surface area contributed by atoms with Crippen molar-refractivity contribution in [2.75, 3.05) is 13.6 Å². The van der Waals surface area contributed by atoms with Crippen LogP contribution in [0.2, 0.25) is 0 Å². The minimum atomic E-state index is -0.150. The van der Waals surface area contributed by atoms with E-state index < -0.39 is 0 Å². The van der Waals surface area contributed by atoms with Gasteiger partial charge in [0.25, 0.3) is 5.91 Å². The second-order valence-corrected chi connectivity index (χ2v) is 5.17. The monoisotopic (exact) mass is 311 g/mol. The van der Waals surface area contributed by atoms with Crippen LogP contribution in [0.5, 0.6) is 0 Å². The molecule has 0 radical (unpaired) electrons. The van der Waals surface area contributed by atoms with Crippen molar-refractivity contribution in [3.05, 3.63) is 28.5 Å². The van der Waals surface area contributed by atoms with Gasteiger partial charge in [-0.15, -0.1) is 0 Å². The smallest absolute Gasteiger partial charge is 0.253 e. The summed E-state index contributed by atoms with van der Waals surface area (Å²) in [5.41, 5.74) is 0.526. The maximum atomic E-state index is 11.9. The summed E-state index contributed by atoms with van der Waals surface area (Å²) in [6.07, 6.45) is 2.70. The van der Waals surface area contributed by atoms with Gasteiger partial charge in [0.2, 0.25) is 5.91 Å². The number of carbonyl (C=O) groups excluding carboxylic acids is 2. The number of nitrogens with zero attached hydrogens (tertiary/aromatic N) is 2. The van der Waals surface area contributed by atoms with Crippen LogP contribution in [0, 0.1) is 0 Å². The fourth-order valence-electron chi connectivity index (χ4n) is 1.91. The van der Waals surface area contributed by atoms with Crippen LogP contribution >= 0.6 is 15.9 Å². The summed E-state index contributed by atoms with van der Waals surface area (Å²) < 4.78 is 0.696. The molecule has 0 aliphatic carbocycles. The molecule has 2 heterocycles. The highest BCUT2D eigenvalue weighted by Crippen LogP contribution is 2.11. The quantitative estimate of drug-likeness (QED) is 0.835. The van der Waals surface area contributed by atoms with Crippen molar-refractivity contribution in [2.24, 2.45) is 0 Å². The van der Waals surface area contributed by atoms with Crippen LogP contribution in [0.25, 0.3) is 0 Å². The first-order valence-corrected chi connectivity index (χ1v) is 6.52. The zero-order valence-electron chi connectivity index (χ0n) is 10.0. The summed E-state index contributed by atoms with van der Waals surface area (Å²) >= 11 is 3.22. The Kier molecular flexibility index (Phi) is 3.96. The normalized spacial score (nSPS) is 19.8. The molecule has 0 bridgehead atoms.